The maximum atomic E-state index is 15.0. The van der Waals surface area contributed by atoms with Crippen molar-refractivity contribution in [3.8, 4) is 22.6 Å². The van der Waals surface area contributed by atoms with Crippen LogP contribution in [0.15, 0.2) is 67.1 Å². The zero-order valence-electron chi connectivity index (χ0n) is 25.5. The van der Waals surface area contributed by atoms with Gasteiger partial charge in [0.2, 0.25) is 11.1 Å². The van der Waals surface area contributed by atoms with Crippen LogP contribution in [0.5, 0.6) is 11.5 Å². The van der Waals surface area contributed by atoms with Crippen LogP contribution >= 0.6 is 11.6 Å². The predicted octanol–water partition coefficient (Wildman–Crippen LogP) is 7.63. The summed E-state index contributed by atoms with van der Waals surface area (Å²) in [5.41, 5.74) is 2.28. The van der Waals surface area contributed by atoms with Gasteiger partial charge < -0.3 is 14.8 Å². The summed E-state index contributed by atoms with van der Waals surface area (Å²) in [6, 6.07) is 13.4. The van der Waals surface area contributed by atoms with Crippen molar-refractivity contribution in [2.24, 2.45) is 5.41 Å². The number of fused-ring (bicyclic) bond motifs is 4. The molecule has 2 heterocycles. The van der Waals surface area contributed by atoms with E-state index in [1.807, 2.05) is 18.2 Å². The first kappa shape index (κ1) is 31.0. The van der Waals surface area contributed by atoms with Crippen LogP contribution in [0.4, 0.5) is 13.2 Å². The molecule has 3 aliphatic carbocycles. The summed E-state index contributed by atoms with van der Waals surface area (Å²) in [4.78, 5) is 21.1. The number of aromatic nitrogens is 4. The summed E-state index contributed by atoms with van der Waals surface area (Å²) >= 11 is 5.84. The molecule has 2 aromatic heterocycles. The predicted molar refractivity (Wildman–Crippen MR) is 170 cm³/mol. The second kappa shape index (κ2) is 12.2. The number of benzene rings is 3. The van der Waals surface area contributed by atoms with E-state index in [4.69, 9.17) is 26.2 Å². The molecular weight excluding hydrogens is 631 g/mol. The molecule has 0 saturated heterocycles. The molecule has 47 heavy (non-hydrogen) atoms. The Kier molecular flexibility index (Phi) is 8.03. The normalized spacial score (nSPS) is 20.4. The smallest absolute Gasteiger partial charge is 0.254 e. The third-order valence-electron chi connectivity index (χ3n) is 9.84. The number of methoxy groups -OCH3 is 1. The van der Waals surface area contributed by atoms with Gasteiger partial charge in [0.1, 0.15) is 12.4 Å². The van der Waals surface area contributed by atoms with E-state index in [1.165, 1.54) is 7.11 Å². The highest BCUT2D eigenvalue weighted by molar-refractivity contribution is 6.28. The van der Waals surface area contributed by atoms with Gasteiger partial charge in [0.25, 0.3) is 5.91 Å². The topological polar surface area (TPSA) is 91.2 Å². The number of halogens is 4. The van der Waals surface area contributed by atoms with Crippen molar-refractivity contribution in [3.63, 3.8) is 0 Å². The van der Waals surface area contributed by atoms with Crippen molar-refractivity contribution in [1.82, 2.24) is 25.1 Å². The second-order valence-corrected chi connectivity index (χ2v) is 12.8. The van der Waals surface area contributed by atoms with Gasteiger partial charge in [0, 0.05) is 36.1 Å². The Balaban J connectivity index is 0.992. The van der Waals surface area contributed by atoms with Crippen LogP contribution < -0.4 is 14.8 Å². The average molecular weight is 662 g/mol. The van der Waals surface area contributed by atoms with Crippen molar-refractivity contribution < 1.29 is 27.4 Å². The summed E-state index contributed by atoms with van der Waals surface area (Å²) in [5, 5.41) is 8.96. The van der Waals surface area contributed by atoms with E-state index < -0.39 is 34.7 Å². The number of amides is 1. The van der Waals surface area contributed by atoms with Gasteiger partial charge >= 0.3 is 0 Å². The lowest BCUT2D eigenvalue weighted by atomic mass is 9.57. The lowest BCUT2D eigenvalue weighted by Gasteiger charge is -2.53. The molecule has 242 valence electrons. The standard InChI is InChI=1S/C35H31ClF3N5O3/c1-46-25-6-2-21(3-7-25)19-47-31-27(37)15-26(29(38)30(31)39)32(45)42-20-34-8-11-35(12-9-34,13-10-34)44-18-23-5-4-22(14-28(23)43-44)24-16-40-33(36)41-17-24/h2-7,14-18H,8-13,19-20H2,1H3,(H,42,45). The van der Waals surface area contributed by atoms with Crippen molar-refractivity contribution in [1.29, 1.82) is 0 Å². The Morgan fingerprint density at radius 2 is 1.64 bits per heavy atom. The summed E-state index contributed by atoms with van der Waals surface area (Å²) in [7, 11) is 1.52. The van der Waals surface area contributed by atoms with Crippen LogP contribution in [0.25, 0.3) is 22.0 Å². The molecule has 0 radical (unpaired) electrons. The third-order valence-corrected chi connectivity index (χ3v) is 10.0. The highest BCUT2D eigenvalue weighted by Crippen LogP contribution is 2.55. The van der Waals surface area contributed by atoms with Crippen LogP contribution in [-0.2, 0) is 12.1 Å². The highest BCUT2D eigenvalue weighted by Gasteiger charge is 2.50. The molecule has 8 nitrogen and oxygen atoms in total. The lowest BCUT2D eigenvalue weighted by molar-refractivity contribution is -0.00564. The largest absolute Gasteiger partial charge is 0.497 e. The molecule has 0 atom stereocenters. The Hall–Kier alpha value is -4.64. The van der Waals surface area contributed by atoms with Gasteiger partial charge in [-0.25, -0.2) is 18.7 Å². The molecule has 3 aromatic carbocycles. The van der Waals surface area contributed by atoms with E-state index in [-0.39, 0.29) is 29.4 Å². The minimum absolute atomic E-state index is 0.131. The number of hydrogen-bond acceptors (Lipinski definition) is 6. The summed E-state index contributed by atoms with van der Waals surface area (Å²) < 4.78 is 57.2. The molecule has 3 saturated carbocycles. The first-order valence-corrected chi connectivity index (χ1v) is 15.7. The molecule has 5 aromatic rings. The SMILES string of the molecule is COc1ccc(COc2c(F)cc(C(=O)NCC34CCC(n5cc6ccc(-c7cnc(Cl)nc7)cc6n5)(CC3)CC4)c(F)c2F)cc1. The van der Waals surface area contributed by atoms with E-state index in [0.29, 0.717) is 17.4 Å². The molecule has 3 aliphatic rings. The fourth-order valence-electron chi connectivity index (χ4n) is 6.87. The maximum Gasteiger partial charge on any atom is 0.254 e. The van der Waals surface area contributed by atoms with E-state index in [0.717, 1.165) is 60.6 Å². The zero-order valence-corrected chi connectivity index (χ0v) is 26.3. The molecule has 0 unspecified atom stereocenters. The minimum Gasteiger partial charge on any atom is -0.497 e. The number of carbonyl (C=O) groups excluding carboxylic acids is 1. The van der Waals surface area contributed by atoms with Crippen LogP contribution in [0.1, 0.15) is 54.4 Å². The van der Waals surface area contributed by atoms with E-state index in [9.17, 15) is 13.6 Å². The first-order chi connectivity index (χ1) is 22.7. The number of rotatable bonds is 9. The number of carbonyl (C=O) groups is 1. The number of ether oxygens (including phenoxy) is 2. The minimum atomic E-state index is -1.54. The van der Waals surface area contributed by atoms with Crippen LogP contribution in [0.2, 0.25) is 5.28 Å². The Bertz CT molecular complexity index is 1940. The molecule has 1 amide bonds. The number of nitrogens with zero attached hydrogens (tertiary/aromatic N) is 4. The van der Waals surface area contributed by atoms with Crippen molar-refractivity contribution in [3.05, 3.63) is 101 Å². The Morgan fingerprint density at radius 3 is 2.32 bits per heavy atom. The number of hydrogen-bond donors (Lipinski definition) is 1. The maximum absolute atomic E-state index is 15.0. The average Bonchev–Trinajstić information content (AvgIpc) is 3.55. The van der Waals surface area contributed by atoms with Crippen LogP contribution in [0, 0.1) is 22.9 Å². The molecule has 2 bridgehead atoms. The fraction of sp³-hybridized carbons (Fsp3) is 0.314. The van der Waals surface area contributed by atoms with Gasteiger partial charge in [-0.05, 0) is 90.9 Å². The quantitative estimate of drug-likeness (QED) is 0.129. The van der Waals surface area contributed by atoms with E-state index >= 15 is 4.39 Å². The molecule has 0 aliphatic heterocycles. The summed E-state index contributed by atoms with van der Waals surface area (Å²) in [6.45, 7) is 0.0924. The zero-order chi connectivity index (χ0) is 32.8. The number of nitrogens with one attached hydrogen (secondary N) is 1. The lowest BCUT2D eigenvalue weighted by Crippen LogP contribution is -2.51. The van der Waals surface area contributed by atoms with E-state index in [2.05, 4.69) is 26.2 Å². The van der Waals surface area contributed by atoms with Crippen molar-refractivity contribution in [2.75, 3.05) is 13.7 Å². The van der Waals surface area contributed by atoms with Crippen LogP contribution in [0.3, 0.4) is 0 Å². The van der Waals surface area contributed by atoms with Gasteiger partial charge in [-0.2, -0.15) is 9.49 Å². The molecule has 12 heteroatoms. The molecule has 0 spiro atoms. The molecule has 1 N–H and O–H groups in total. The summed E-state index contributed by atoms with van der Waals surface area (Å²) in [5.74, 6) is -5.26. The van der Waals surface area contributed by atoms with Gasteiger partial charge in [-0.1, -0.05) is 24.3 Å². The van der Waals surface area contributed by atoms with Gasteiger partial charge in [0.05, 0.1) is 23.7 Å². The summed E-state index contributed by atoms with van der Waals surface area (Å²) in [6.07, 6.45) is 10.6. The van der Waals surface area contributed by atoms with Crippen molar-refractivity contribution in [2.45, 2.75) is 50.7 Å². The van der Waals surface area contributed by atoms with E-state index in [1.54, 1.807) is 36.7 Å². The van der Waals surface area contributed by atoms with Gasteiger partial charge in [0.15, 0.2) is 17.4 Å². The fourth-order valence-corrected chi connectivity index (χ4v) is 6.97. The monoisotopic (exact) mass is 661 g/mol. The Labute approximate surface area is 273 Å². The van der Waals surface area contributed by atoms with Gasteiger partial charge in [-0.3, -0.25) is 9.48 Å². The first-order valence-electron chi connectivity index (χ1n) is 15.4. The Morgan fingerprint density at radius 1 is 0.936 bits per heavy atom. The van der Waals surface area contributed by atoms with Crippen molar-refractivity contribution >= 4 is 28.4 Å². The van der Waals surface area contributed by atoms with Gasteiger partial charge in [-0.15, -0.1) is 0 Å². The third kappa shape index (κ3) is 5.88. The van der Waals surface area contributed by atoms with Crippen LogP contribution in [-0.4, -0.2) is 39.3 Å². The molecular formula is C35H31ClF3N5O3. The highest BCUT2D eigenvalue weighted by atomic mass is 35.5. The molecule has 8 rings (SSSR count). The molecule has 3 fully saturated rings. The second-order valence-electron chi connectivity index (χ2n) is 12.5.